The van der Waals surface area contributed by atoms with E-state index < -0.39 is 16.0 Å². The lowest BCUT2D eigenvalue weighted by atomic mass is 10.1. The number of carbonyl (C=O) groups is 1. The Bertz CT molecular complexity index is 559. The van der Waals surface area contributed by atoms with Crippen molar-refractivity contribution in [1.29, 1.82) is 0 Å². The number of sulfonamides is 1. The van der Waals surface area contributed by atoms with Gasteiger partial charge >= 0.3 is 5.97 Å². The van der Waals surface area contributed by atoms with Crippen molar-refractivity contribution in [3.63, 3.8) is 0 Å². The van der Waals surface area contributed by atoms with Crippen LogP contribution in [0.5, 0.6) is 0 Å². The van der Waals surface area contributed by atoms with Crippen molar-refractivity contribution in [2.75, 3.05) is 13.7 Å². The summed E-state index contributed by atoms with van der Waals surface area (Å²) in [6, 6.07) is 5.75. The lowest BCUT2D eigenvalue weighted by Crippen LogP contribution is -2.28. The van der Waals surface area contributed by atoms with Gasteiger partial charge in [0.05, 0.1) is 17.6 Å². The minimum absolute atomic E-state index is 0.170. The van der Waals surface area contributed by atoms with Gasteiger partial charge in [-0.1, -0.05) is 12.8 Å². The molecule has 0 atom stereocenters. The molecule has 0 saturated heterocycles. The zero-order valence-electron chi connectivity index (χ0n) is 11.5. The first-order chi connectivity index (χ1) is 9.53. The van der Waals surface area contributed by atoms with E-state index >= 15 is 0 Å². The fraction of sp³-hybridized carbons (Fsp3) is 0.500. The molecule has 5 nitrogen and oxygen atoms in total. The zero-order valence-corrected chi connectivity index (χ0v) is 12.3. The van der Waals surface area contributed by atoms with Crippen LogP contribution in [0.3, 0.4) is 0 Å². The van der Waals surface area contributed by atoms with Crippen LogP contribution in [0.4, 0.5) is 0 Å². The molecule has 1 aliphatic carbocycles. The van der Waals surface area contributed by atoms with Crippen LogP contribution in [0.2, 0.25) is 0 Å². The van der Waals surface area contributed by atoms with Gasteiger partial charge in [0.25, 0.3) is 0 Å². The largest absolute Gasteiger partial charge is 0.465 e. The predicted octanol–water partition coefficient (Wildman–Crippen LogP) is 1.94. The van der Waals surface area contributed by atoms with Crippen LogP contribution in [0.1, 0.15) is 36.0 Å². The Morgan fingerprint density at radius 3 is 2.40 bits per heavy atom. The first-order valence-corrected chi connectivity index (χ1v) is 8.19. The van der Waals surface area contributed by atoms with Gasteiger partial charge in [0.2, 0.25) is 10.0 Å². The van der Waals surface area contributed by atoms with Gasteiger partial charge in [-0.3, -0.25) is 0 Å². The van der Waals surface area contributed by atoms with Crippen LogP contribution in [0, 0.1) is 5.92 Å². The second kappa shape index (κ2) is 6.37. The molecule has 0 amide bonds. The number of hydrogen-bond donors (Lipinski definition) is 1. The Balaban J connectivity index is 2.03. The van der Waals surface area contributed by atoms with Gasteiger partial charge in [0, 0.05) is 6.54 Å². The SMILES string of the molecule is COC(=O)c1ccc(S(=O)(=O)NCC2CCCC2)cc1. The van der Waals surface area contributed by atoms with E-state index in [1.165, 1.54) is 44.2 Å². The smallest absolute Gasteiger partial charge is 0.337 e. The summed E-state index contributed by atoms with van der Waals surface area (Å²) in [7, 11) is -2.21. The lowest BCUT2D eigenvalue weighted by molar-refractivity contribution is 0.0600. The topological polar surface area (TPSA) is 72.5 Å². The highest BCUT2D eigenvalue weighted by Crippen LogP contribution is 2.24. The number of methoxy groups -OCH3 is 1. The van der Waals surface area contributed by atoms with Crippen molar-refractivity contribution < 1.29 is 17.9 Å². The molecule has 2 rings (SSSR count). The summed E-state index contributed by atoms with van der Waals surface area (Å²) in [6.07, 6.45) is 4.54. The first kappa shape index (κ1) is 15.0. The number of esters is 1. The van der Waals surface area contributed by atoms with Crippen LogP contribution < -0.4 is 4.72 Å². The monoisotopic (exact) mass is 297 g/mol. The quantitative estimate of drug-likeness (QED) is 0.843. The molecule has 110 valence electrons. The molecule has 0 bridgehead atoms. The minimum Gasteiger partial charge on any atom is -0.465 e. The lowest BCUT2D eigenvalue weighted by Gasteiger charge is -2.11. The molecule has 1 N–H and O–H groups in total. The van der Waals surface area contributed by atoms with Gasteiger partial charge in [-0.15, -0.1) is 0 Å². The fourth-order valence-electron chi connectivity index (χ4n) is 2.41. The van der Waals surface area contributed by atoms with E-state index in [1.807, 2.05) is 0 Å². The minimum atomic E-state index is -3.50. The van der Waals surface area contributed by atoms with Crippen molar-refractivity contribution in [2.45, 2.75) is 30.6 Å². The van der Waals surface area contributed by atoms with Gasteiger partial charge in [-0.05, 0) is 43.0 Å². The van der Waals surface area contributed by atoms with Crippen LogP contribution in [-0.2, 0) is 14.8 Å². The Labute approximate surface area is 119 Å². The third-order valence-corrected chi connectivity index (χ3v) is 5.06. The maximum absolute atomic E-state index is 12.1. The summed E-state index contributed by atoms with van der Waals surface area (Å²) in [5.41, 5.74) is 0.335. The van der Waals surface area contributed by atoms with Crippen molar-refractivity contribution >= 4 is 16.0 Å². The van der Waals surface area contributed by atoms with Crippen molar-refractivity contribution in [3.8, 4) is 0 Å². The average Bonchev–Trinajstić information content (AvgIpc) is 2.98. The number of nitrogens with one attached hydrogen (secondary N) is 1. The molecular weight excluding hydrogens is 278 g/mol. The molecule has 1 aromatic rings. The van der Waals surface area contributed by atoms with Crippen molar-refractivity contribution in [3.05, 3.63) is 29.8 Å². The third-order valence-electron chi connectivity index (χ3n) is 3.62. The molecular formula is C14H19NO4S. The molecule has 1 fully saturated rings. The Kier molecular flexibility index (Phi) is 4.77. The number of ether oxygens (including phenoxy) is 1. The van der Waals surface area contributed by atoms with E-state index in [4.69, 9.17) is 0 Å². The maximum atomic E-state index is 12.1. The van der Waals surface area contributed by atoms with E-state index in [1.54, 1.807) is 0 Å². The normalized spacial score (nSPS) is 16.2. The van der Waals surface area contributed by atoms with Crippen LogP contribution >= 0.6 is 0 Å². The second-order valence-corrected chi connectivity index (χ2v) is 6.79. The van der Waals surface area contributed by atoms with Crippen LogP contribution in [0.25, 0.3) is 0 Å². The number of benzene rings is 1. The third kappa shape index (κ3) is 3.58. The molecule has 1 aromatic carbocycles. The molecule has 20 heavy (non-hydrogen) atoms. The van der Waals surface area contributed by atoms with Gasteiger partial charge in [0.1, 0.15) is 0 Å². The summed E-state index contributed by atoms with van der Waals surface area (Å²) in [5.74, 6) is -0.0352. The molecule has 0 radical (unpaired) electrons. The summed E-state index contributed by atoms with van der Waals surface area (Å²) in [4.78, 5) is 11.5. The molecule has 1 saturated carbocycles. The molecule has 1 aliphatic rings. The van der Waals surface area contributed by atoms with E-state index in [0.29, 0.717) is 18.0 Å². The molecule has 0 aromatic heterocycles. The van der Waals surface area contributed by atoms with E-state index in [2.05, 4.69) is 9.46 Å². The first-order valence-electron chi connectivity index (χ1n) is 6.71. The van der Waals surface area contributed by atoms with Crippen LogP contribution in [0.15, 0.2) is 29.2 Å². The van der Waals surface area contributed by atoms with E-state index in [0.717, 1.165) is 12.8 Å². The average molecular weight is 297 g/mol. The summed E-state index contributed by atoms with van der Waals surface area (Å²) >= 11 is 0. The molecule has 0 heterocycles. The molecule has 6 heteroatoms. The van der Waals surface area contributed by atoms with Gasteiger partial charge < -0.3 is 4.74 Å². The Hall–Kier alpha value is -1.40. The number of carbonyl (C=O) groups excluding carboxylic acids is 1. The van der Waals surface area contributed by atoms with E-state index in [9.17, 15) is 13.2 Å². The molecule has 0 unspecified atom stereocenters. The van der Waals surface area contributed by atoms with Gasteiger partial charge in [-0.2, -0.15) is 0 Å². The van der Waals surface area contributed by atoms with Crippen LogP contribution in [-0.4, -0.2) is 28.0 Å². The Morgan fingerprint density at radius 2 is 1.85 bits per heavy atom. The van der Waals surface area contributed by atoms with Gasteiger partial charge in [0.15, 0.2) is 0 Å². The highest BCUT2D eigenvalue weighted by atomic mass is 32.2. The summed E-state index contributed by atoms with van der Waals surface area (Å²) < 4.78 is 31.4. The Morgan fingerprint density at radius 1 is 1.25 bits per heavy atom. The number of hydrogen-bond acceptors (Lipinski definition) is 4. The second-order valence-electron chi connectivity index (χ2n) is 5.02. The predicted molar refractivity (Wildman–Crippen MR) is 74.9 cm³/mol. The maximum Gasteiger partial charge on any atom is 0.337 e. The fourth-order valence-corrected chi connectivity index (χ4v) is 3.53. The summed E-state index contributed by atoms with van der Waals surface area (Å²) in [6.45, 7) is 0.487. The van der Waals surface area contributed by atoms with Gasteiger partial charge in [-0.25, -0.2) is 17.9 Å². The molecule has 0 spiro atoms. The highest BCUT2D eigenvalue weighted by Gasteiger charge is 2.20. The molecule has 0 aliphatic heterocycles. The standard InChI is InChI=1S/C14H19NO4S/c1-19-14(16)12-6-8-13(9-7-12)20(17,18)15-10-11-4-2-3-5-11/h6-9,11,15H,2-5,10H2,1H3. The van der Waals surface area contributed by atoms with Crippen molar-refractivity contribution in [1.82, 2.24) is 4.72 Å². The highest BCUT2D eigenvalue weighted by molar-refractivity contribution is 7.89. The number of rotatable bonds is 5. The summed E-state index contributed by atoms with van der Waals surface area (Å²) in [5, 5.41) is 0. The van der Waals surface area contributed by atoms with E-state index in [-0.39, 0.29) is 4.90 Å². The van der Waals surface area contributed by atoms with Crippen molar-refractivity contribution in [2.24, 2.45) is 5.92 Å². The zero-order chi connectivity index (χ0) is 14.6.